The van der Waals surface area contributed by atoms with Gasteiger partial charge in [-0.05, 0) is 33.0 Å². The summed E-state index contributed by atoms with van der Waals surface area (Å²) in [6.07, 6.45) is 0. The number of hydrogen-bond donors (Lipinski definition) is 0. The number of azide groups is 2. The minimum absolute atomic E-state index is 0.318. The van der Waals surface area contributed by atoms with Gasteiger partial charge in [0.15, 0.2) is 0 Å². The van der Waals surface area contributed by atoms with Crippen LogP contribution < -0.4 is 0 Å². The lowest BCUT2D eigenvalue weighted by atomic mass is 10.0. The van der Waals surface area contributed by atoms with Gasteiger partial charge in [0.1, 0.15) is 0 Å². The molecule has 0 N–H and O–H groups in total. The molecule has 0 atom stereocenters. The van der Waals surface area contributed by atoms with Gasteiger partial charge in [-0.2, -0.15) is 0 Å². The minimum atomic E-state index is 0.318. The van der Waals surface area contributed by atoms with E-state index in [1.54, 1.807) is 0 Å². The maximum atomic E-state index is 8.37. The Labute approximate surface area is 103 Å². The summed E-state index contributed by atoms with van der Waals surface area (Å²) in [4.78, 5) is 5.54. The van der Waals surface area contributed by atoms with Crippen molar-refractivity contribution < 1.29 is 0 Å². The van der Waals surface area contributed by atoms with Crippen LogP contribution in [-0.4, -0.2) is 0 Å². The molecule has 0 saturated heterocycles. The average Bonchev–Trinajstić information content (AvgIpc) is 2.42. The van der Waals surface area contributed by atoms with Crippen LogP contribution in [0.1, 0.15) is 11.1 Å². The second-order valence-electron chi connectivity index (χ2n) is 3.71. The fourth-order valence-electron chi connectivity index (χ4n) is 1.93. The third-order valence-corrected chi connectivity index (χ3v) is 2.71. The summed E-state index contributed by atoms with van der Waals surface area (Å²) in [5.74, 6) is 0. The molecule has 0 radical (unpaired) electrons. The number of benzene rings is 2. The summed E-state index contributed by atoms with van der Waals surface area (Å²) in [6, 6.07) is 11.6. The number of fused-ring (bicyclic) bond motifs is 1. The molecule has 0 aromatic heterocycles. The van der Waals surface area contributed by atoms with E-state index in [1.165, 1.54) is 0 Å². The predicted molar refractivity (Wildman–Crippen MR) is 69.6 cm³/mol. The highest BCUT2D eigenvalue weighted by Gasteiger charge is 2.03. The highest BCUT2D eigenvalue weighted by molar-refractivity contribution is 5.88. The lowest BCUT2D eigenvalue weighted by Crippen LogP contribution is -1.88. The molecule has 6 heteroatoms. The van der Waals surface area contributed by atoms with E-state index in [9.17, 15) is 0 Å². The first kappa shape index (κ1) is 11.8. The molecule has 0 aliphatic rings. The summed E-state index contributed by atoms with van der Waals surface area (Å²) >= 11 is 0. The third-order valence-electron chi connectivity index (χ3n) is 2.71. The molecule has 0 aliphatic carbocycles. The van der Waals surface area contributed by atoms with Crippen LogP contribution in [0.25, 0.3) is 31.7 Å². The Morgan fingerprint density at radius 1 is 0.778 bits per heavy atom. The maximum absolute atomic E-state index is 8.37. The van der Waals surface area contributed by atoms with Gasteiger partial charge < -0.3 is 0 Å². The lowest BCUT2D eigenvalue weighted by molar-refractivity contribution is 1.05. The van der Waals surface area contributed by atoms with E-state index in [1.807, 2.05) is 36.4 Å². The fourth-order valence-corrected chi connectivity index (χ4v) is 1.93. The predicted octanol–water partition coefficient (Wildman–Crippen LogP) is 4.46. The standard InChI is InChI=1S/C12H10N6/c13-17-15-7-9-3-1-5-11-10(8-16-18-14)4-2-6-12(9)11/h1-6H,7-8H2. The van der Waals surface area contributed by atoms with Crippen molar-refractivity contribution in [1.29, 1.82) is 0 Å². The zero-order valence-corrected chi connectivity index (χ0v) is 9.56. The van der Waals surface area contributed by atoms with Gasteiger partial charge in [0.05, 0.1) is 13.1 Å². The van der Waals surface area contributed by atoms with Crippen molar-refractivity contribution in [3.8, 4) is 0 Å². The van der Waals surface area contributed by atoms with Crippen LogP contribution in [0.15, 0.2) is 46.6 Å². The first-order valence-electron chi connectivity index (χ1n) is 5.38. The Balaban J connectivity index is 2.56. The molecule has 0 bridgehead atoms. The monoisotopic (exact) mass is 238 g/mol. The molecule has 18 heavy (non-hydrogen) atoms. The molecule has 0 heterocycles. The van der Waals surface area contributed by atoms with E-state index in [-0.39, 0.29) is 0 Å². The zero-order chi connectivity index (χ0) is 12.8. The average molecular weight is 238 g/mol. The Bertz CT molecular complexity index is 606. The van der Waals surface area contributed by atoms with Crippen LogP contribution in [0, 0.1) is 0 Å². The van der Waals surface area contributed by atoms with Crippen LogP contribution in [0.4, 0.5) is 0 Å². The van der Waals surface area contributed by atoms with Crippen LogP contribution in [0.3, 0.4) is 0 Å². The van der Waals surface area contributed by atoms with Gasteiger partial charge in [0.25, 0.3) is 0 Å². The molecule has 2 rings (SSSR count). The molecule has 0 unspecified atom stereocenters. The van der Waals surface area contributed by atoms with E-state index in [2.05, 4.69) is 20.1 Å². The molecule has 88 valence electrons. The molecule has 2 aromatic carbocycles. The van der Waals surface area contributed by atoms with Crippen LogP contribution in [0.2, 0.25) is 0 Å². The van der Waals surface area contributed by atoms with Gasteiger partial charge in [-0.1, -0.05) is 46.6 Å². The smallest absolute Gasteiger partial charge is 0.0517 e. The molecule has 0 saturated carbocycles. The lowest BCUT2D eigenvalue weighted by Gasteiger charge is -2.07. The molecule has 0 amide bonds. The van der Waals surface area contributed by atoms with E-state index >= 15 is 0 Å². The topological polar surface area (TPSA) is 97.5 Å². The number of nitrogens with zero attached hydrogens (tertiary/aromatic N) is 6. The summed E-state index contributed by atoms with van der Waals surface area (Å²) in [7, 11) is 0. The summed E-state index contributed by atoms with van der Waals surface area (Å²) < 4.78 is 0. The molecule has 0 fully saturated rings. The normalized spacial score (nSPS) is 9.56. The zero-order valence-electron chi connectivity index (χ0n) is 9.56. The van der Waals surface area contributed by atoms with Crippen LogP contribution in [0.5, 0.6) is 0 Å². The number of rotatable bonds is 4. The Morgan fingerprint density at radius 3 is 1.61 bits per heavy atom. The fraction of sp³-hybridized carbons (Fsp3) is 0.167. The third kappa shape index (κ3) is 2.35. The Hall–Kier alpha value is -2.68. The SMILES string of the molecule is [N-]=[N+]=NCc1cccc2c(CN=[N+]=[N-])cccc12. The first-order valence-corrected chi connectivity index (χ1v) is 5.38. The molecule has 0 aliphatic heterocycles. The molecular weight excluding hydrogens is 228 g/mol. The van der Waals surface area contributed by atoms with Crippen molar-refractivity contribution in [3.05, 3.63) is 68.4 Å². The highest BCUT2D eigenvalue weighted by Crippen LogP contribution is 2.23. The Morgan fingerprint density at radius 2 is 1.22 bits per heavy atom. The largest absolute Gasteiger partial charge is 0.0893 e. The second-order valence-corrected chi connectivity index (χ2v) is 3.71. The van der Waals surface area contributed by atoms with Gasteiger partial charge in [-0.15, -0.1) is 0 Å². The number of hydrogen-bond acceptors (Lipinski definition) is 2. The van der Waals surface area contributed by atoms with E-state index in [4.69, 9.17) is 11.1 Å². The van der Waals surface area contributed by atoms with Crippen molar-refractivity contribution in [2.45, 2.75) is 13.1 Å². The van der Waals surface area contributed by atoms with Crippen molar-refractivity contribution in [1.82, 2.24) is 0 Å². The first-order chi connectivity index (χ1) is 8.86. The van der Waals surface area contributed by atoms with E-state index in [0.29, 0.717) is 13.1 Å². The van der Waals surface area contributed by atoms with Crippen LogP contribution in [-0.2, 0) is 13.1 Å². The van der Waals surface area contributed by atoms with Crippen molar-refractivity contribution >= 4 is 10.8 Å². The summed E-state index contributed by atoms with van der Waals surface area (Å²) in [5.41, 5.74) is 18.7. The maximum Gasteiger partial charge on any atom is 0.0517 e. The van der Waals surface area contributed by atoms with Gasteiger partial charge in [-0.25, -0.2) is 0 Å². The van der Waals surface area contributed by atoms with Crippen LogP contribution >= 0.6 is 0 Å². The molecular formula is C12H10N6. The van der Waals surface area contributed by atoms with Gasteiger partial charge >= 0.3 is 0 Å². The van der Waals surface area contributed by atoms with E-state index in [0.717, 1.165) is 21.9 Å². The minimum Gasteiger partial charge on any atom is -0.0893 e. The van der Waals surface area contributed by atoms with Crippen molar-refractivity contribution in [2.24, 2.45) is 10.2 Å². The van der Waals surface area contributed by atoms with Gasteiger partial charge in [-0.3, -0.25) is 0 Å². The quantitative estimate of drug-likeness (QED) is 0.426. The highest BCUT2D eigenvalue weighted by atomic mass is 15.1. The van der Waals surface area contributed by atoms with E-state index < -0.39 is 0 Å². The molecule has 6 nitrogen and oxygen atoms in total. The van der Waals surface area contributed by atoms with Gasteiger partial charge in [0, 0.05) is 9.82 Å². The van der Waals surface area contributed by atoms with Gasteiger partial charge in [0.2, 0.25) is 0 Å². The van der Waals surface area contributed by atoms with Crippen molar-refractivity contribution in [3.63, 3.8) is 0 Å². The summed E-state index contributed by atoms with van der Waals surface area (Å²) in [6.45, 7) is 0.637. The molecule has 2 aromatic rings. The summed E-state index contributed by atoms with van der Waals surface area (Å²) in [5, 5.41) is 9.21. The molecule has 0 spiro atoms. The van der Waals surface area contributed by atoms with Crippen molar-refractivity contribution in [2.75, 3.05) is 0 Å². The second kappa shape index (κ2) is 5.59. The Kier molecular flexibility index (Phi) is 3.66.